The van der Waals surface area contributed by atoms with Crippen LogP contribution in [0.3, 0.4) is 0 Å². The summed E-state index contributed by atoms with van der Waals surface area (Å²) in [6, 6.07) is 19.4. The van der Waals surface area contributed by atoms with E-state index in [0.29, 0.717) is 11.8 Å². The monoisotopic (exact) mass is 265 g/mol. The number of hydrogen-bond acceptors (Lipinski definition) is 4. The highest BCUT2D eigenvalue weighted by atomic mass is 16.4. The number of hydrogen-bond donors (Lipinski definition) is 1. The van der Waals surface area contributed by atoms with Crippen LogP contribution in [-0.4, -0.2) is 10.2 Å². The van der Waals surface area contributed by atoms with Crippen molar-refractivity contribution < 1.29 is 4.42 Å². The summed E-state index contributed by atoms with van der Waals surface area (Å²) in [5, 5.41) is 8.18. The third-order valence-corrected chi connectivity index (χ3v) is 3.26. The molecule has 0 radical (unpaired) electrons. The first-order valence-electron chi connectivity index (χ1n) is 6.42. The van der Waals surface area contributed by atoms with Crippen molar-refractivity contribution in [2.24, 2.45) is 5.73 Å². The third-order valence-electron chi connectivity index (χ3n) is 3.26. The maximum Gasteiger partial charge on any atom is 0.247 e. The van der Waals surface area contributed by atoms with Crippen molar-refractivity contribution in [3.63, 3.8) is 0 Å². The van der Waals surface area contributed by atoms with E-state index in [4.69, 9.17) is 10.2 Å². The fourth-order valence-electron chi connectivity index (χ4n) is 2.04. The second-order valence-corrected chi connectivity index (χ2v) is 4.85. The largest absolute Gasteiger partial charge is 0.418 e. The second kappa shape index (κ2) is 4.90. The molecular formula is C16H15N3O. The Labute approximate surface area is 117 Å². The summed E-state index contributed by atoms with van der Waals surface area (Å²) < 4.78 is 5.74. The first-order chi connectivity index (χ1) is 9.68. The number of rotatable bonds is 3. The molecular weight excluding hydrogens is 250 g/mol. The van der Waals surface area contributed by atoms with E-state index >= 15 is 0 Å². The van der Waals surface area contributed by atoms with E-state index in [1.807, 2.05) is 67.6 Å². The fraction of sp³-hybridized carbons (Fsp3) is 0.125. The number of nitrogens with zero attached hydrogens (tertiary/aromatic N) is 2. The Morgan fingerprint density at radius 3 is 2.15 bits per heavy atom. The normalized spacial score (nSPS) is 13.9. The lowest BCUT2D eigenvalue weighted by atomic mass is 9.93. The van der Waals surface area contributed by atoms with Crippen LogP contribution in [0.5, 0.6) is 0 Å². The summed E-state index contributed by atoms with van der Waals surface area (Å²) in [6.45, 7) is 1.87. The SMILES string of the molecule is CC(N)(c1ccccc1)c1nnc(-c2ccccc2)o1. The van der Waals surface area contributed by atoms with E-state index in [1.165, 1.54) is 0 Å². The number of benzene rings is 2. The molecule has 2 aromatic carbocycles. The van der Waals surface area contributed by atoms with E-state index in [0.717, 1.165) is 11.1 Å². The van der Waals surface area contributed by atoms with Crippen molar-refractivity contribution >= 4 is 0 Å². The minimum absolute atomic E-state index is 0.405. The summed E-state index contributed by atoms with van der Waals surface area (Å²) >= 11 is 0. The lowest BCUT2D eigenvalue weighted by molar-refractivity contribution is 0.406. The van der Waals surface area contributed by atoms with Gasteiger partial charge in [0.1, 0.15) is 5.54 Å². The quantitative estimate of drug-likeness (QED) is 0.790. The van der Waals surface area contributed by atoms with Gasteiger partial charge in [0, 0.05) is 5.56 Å². The molecule has 4 heteroatoms. The molecule has 3 rings (SSSR count). The smallest absolute Gasteiger partial charge is 0.247 e. The van der Waals surface area contributed by atoms with Crippen LogP contribution >= 0.6 is 0 Å². The zero-order chi connectivity index (χ0) is 14.0. The molecule has 1 heterocycles. The van der Waals surface area contributed by atoms with Gasteiger partial charge in [-0.15, -0.1) is 10.2 Å². The Kier molecular flexibility index (Phi) is 3.08. The average molecular weight is 265 g/mol. The highest BCUT2D eigenvalue weighted by Gasteiger charge is 2.30. The molecule has 0 saturated heterocycles. The van der Waals surface area contributed by atoms with Crippen molar-refractivity contribution in [2.75, 3.05) is 0 Å². The summed E-state index contributed by atoms with van der Waals surface area (Å²) in [5.41, 5.74) is 7.37. The predicted molar refractivity (Wildman–Crippen MR) is 76.8 cm³/mol. The van der Waals surface area contributed by atoms with Gasteiger partial charge in [-0.1, -0.05) is 48.5 Å². The average Bonchev–Trinajstić information content (AvgIpc) is 3.00. The molecule has 0 spiro atoms. The molecule has 1 aromatic heterocycles. The van der Waals surface area contributed by atoms with Crippen LogP contribution in [0.4, 0.5) is 0 Å². The van der Waals surface area contributed by atoms with Crippen molar-refractivity contribution in [3.8, 4) is 11.5 Å². The molecule has 100 valence electrons. The Morgan fingerprint density at radius 2 is 1.50 bits per heavy atom. The standard InChI is InChI=1S/C16H15N3O/c1-16(17,13-10-6-3-7-11-13)15-19-18-14(20-15)12-8-4-2-5-9-12/h2-11H,17H2,1H3. The summed E-state index contributed by atoms with van der Waals surface area (Å²) in [6.07, 6.45) is 0. The van der Waals surface area contributed by atoms with Gasteiger partial charge in [0.25, 0.3) is 0 Å². The summed E-state index contributed by atoms with van der Waals surface area (Å²) in [4.78, 5) is 0. The number of nitrogens with two attached hydrogens (primary N) is 1. The molecule has 1 unspecified atom stereocenters. The van der Waals surface area contributed by atoms with Crippen molar-refractivity contribution in [1.82, 2.24) is 10.2 Å². The van der Waals surface area contributed by atoms with Gasteiger partial charge in [-0.3, -0.25) is 0 Å². The first-order valence-corrected chi connectivity index (χ1v) is 6.42. The molecule has 3 aromatic rings. The lowest BCUT2D eigenvalue weighted by Gasteiger charge is -2.20. The molecule has 0 fully saturated rings. The van der Waals surface area contributed by atoms with Crippen LogP contribution in [0.1, 0.15) is 18.4 Å². The maximum atomic E-state index is 6.35. The molecule has 0 aliphatic heterocycles. The molecule has 2 N–H and O–H groups in total. The van der Waals surface area contributed by atoms with Gasteiger partial charge in [-0.2, -0.15) is 0 Å². The van der Waals surface area contributed by atoms with Crippen LogP contribution in [0, 0.1) is 0 Å². The van der Waals surface area contributed by atoms with Gasteiger partial charge >= 0.3 is 0 Å². The van der Waals surface area contributed by atoms with Crippen LogP contribution < -0.4 is 5.73 Å². The van der Waals surface area contributed by atoms with Crippen molar-refractivity contribution in [1.29, 1.82) is 0 Å². The van der Waals surface area contributed by atoms with E-state index < -0.39 is 5.54 Å². The van der Waals surface area contributed by atoms with E-state index in [2.05, 4.69) is 10.2 Å². The second-order valence-electron chi connectivity index (χ2n) is 4.85. The Bertz CT molecular complexity index is 690. The van der Waals surface area contributed by atoms with Crippen LogP contribution in [0.25, 0.3) is 11.5 Å². The van der Waals surface area contributed by atoms with Crippen molar-refractivity contribution in [2.45, 2.75) is 12.5 Å². The zero-order valence-corrected chi connectivity index (χ0v) is 11.2. The predicted octanol–water partition coefficient (Wildman–Crippen LogP) is 2.96. The van der Waals surface area contributed by atoms with Gasteiger partial charge in [-0.25, -0.2) is 0 Å². The van der Waals surface area contributed by atoms with Crippen LogP contribution in [0.2, 0.25) is 0 Å². The highest BCUT2D eigenvalue weighted by molar-refractivity contribution is 5.52. The van der Waals surface area contributed by atoms with Gasteiger partial charge < -0.3 is 10.2 Å². The fourth-order valence-corrected chi connectivity index (χ4v) is 2.04. The molecule has 4 nitrogen and oxygen atoms in total. The maximum absolute atomic E-state index is 6.35. The van der Waals surface area contributed by atoms with Gasteiger partial charge in [0.2, 0.25) is 11.8 Å². The van der Waals surface area contributed by atoms with Gasteiger partial charge in [0.05, 0.1) is 0 Å². The molecule has 0 aliphatic carbocycles. The van der Waals surface area contributed by atoms with E-state index in [-0.39, 0.29) is 0 Å². The number of aromatic nitrogens is 2. The summed E-state index contributed by atoms with van der Waals surface area (Å²) in [7, 11) is 0. The Hall–Kier alpha value is -2.46. The third kappa shape index (κ3) is 2.21. The molecule has 20 heavy (non-hydrogen) atoms. The van der Waals surface area contributed by atoms with Gasteiger partial charge in [0.15, 0.2) is 0 Å². The molecule has 0 amide bonds. The Morgan fingerprint density at radius 1 is 0.900 bits per heavy atom. The van der Waals surface area contributed by atoms with Crippen LogP contribution in [-0.2, 0) is 5.54 Å². The zero-order valence-electron chi connectivity index (χ0n) is 11.2. The van der Waals surface area contributed by atoms with Crippen LogP contribution in [0.15, 0.2) is 65.1 Å². The van der Waals surface area contributed by atoms with E-state index in [1.54, 1.807) is 0 Å². The molecule has 1 atom stereocenters. The molecule has 0 bridgehead atoms. The van der Waals surface area contributed by atoms with Crippen molar-refractivity contribution in [3.05, 3.63) is 72.1 Å². The highest BCUT2D eigenvalue weighted by Crippen LogP contribution is 2.27. The lowest BCUT2D eigenvalue weighted by Crippen LogP contribution is -2.34. The Balaban J connectivity index is 1.98. The van der Waals surface area contributed by atoms with E-state index in [9.17, 15) is 0 Å². The minimum Gasteiger partial charge on any atom is -0.418 e. The molecule has 0 aliphatic rings. The molecule has 0 saturated carbocycles. The summed E-state index contributed by atoms with van der Waals surface area (Å²) in [5.74, 6) is 0.885. The van der Waals surface area contributed by atoms with Gasteiger partial charge in [-0.05, 0) is 24.6 Å². The minimum atomic E-state index is -0.804. The first kappa shape index (κ1) is 12.6. The topological polar surface area (TPSA) is 64.9 Å².